The number of hydrogen-bond donors (Lipinski definition) is 0. The summed E-state index contributed by atoms with van der Waals surface area (Å²) in [6.45, 7) is 0. The molecule has 0 heteroatoms. The van der Waals surface area contributed by atoms with Crippen molar-refractivity contribution in [3.05, 3.63) is 170 Å². The number of fused-ring (bicyclic) bond motifs is 14. The lowest BCUT2D eigenvalue weighted by atomic mass is 9.81. The summed E-state index contributed by atoms with van der Waals surface area (Å²) in [6.07, 6.45) is 0. The van der Waals surface area contributed by atoms with Crippen LogP contribution in [-0.4, -0.2) is 0 Å². The summed E-state index contributed by atoms with van der Waals surface area (Å²) in [7, 11) is 0. The Morgan fingerprint density at radius 3 is 0.405 bits per heavy atom. The van der Waals surface area contributed by atoms with Crippen LogP contribution in [0.3, 0.4) is 0 Å². The zero-order valence-electron chi connectivity index (χ0n) is 23.2. The maximum Gasteiger partial charge on any atom is -0.00990 e. The van der Waals surface area contributed by atoms with Crippen molar-refractivity contribution in [2.45, 2.75) is 0 Å². The van der Waals surface area contributed by atoms with Gasteiger partial charge in [0.2, 0.25) is 0 Å². The molecule has 1 aliphatic carbocycles. The van der Waals surface area contributed by atoms with Crippen molar-refractivity contribution >= 4 is 32.3 Å². The normalized spacial score (nSPS) is 11.3. The van der Waals surface area contributed by atoms with Crippen LogP contribution in [0.2, 0.25) is 0 Å². The molecule has 8 aromatic carbocycles. The molecule has 1 aliphatic rings. The molecule has 196 valence electrons. The lowest BCUT2D eigenvalue weighted by Gasteiger charge is -2.22. The SMILES string of the molecule is c1ccc2c(c1)-c1ccccc1-c1ccccc1-c1ccccc1-2.c1ccc2c(c1)c1ccccc1c1ccccc21. The van der Waals surface area contributed by atoms with E-state index in [2.05, 4.69) is 170 Å². The van der Waals surface area contributed by atoms with Crippen LogP contribution in [0.1, 0.15) is 0 Å². The lowest BCUT2D eigenvalue weighted by Crippen LogP contribution is -1.96. The van der Waals surface area contributed by atoms with Crippen LogP contribution in [0.15, 0.2) is 170 Å². The molecule has 42 heavy (non-hydrogen) atoms. The largest absolute Gasteiger partial charge is 0.0616 e. The molecule has 0 atom stereocenters. The van der Waals surface area contributed by atoms with Crippen molar-refractivity contribution in [2.75, 3.05) is 0 Å². The monoisotopic (exact) mass is 532 g/mol. The van der Waals surface area contributed by atoms with Crippen molar-refractivity contribution in [1.29, 1.82) is 0 Å². The average Bonchev–Trinajstić information content (AvgIpc) is 3.08. The van der Waals surface area contributed by atoms with Crippen LogP contribution in [-0.2, 0) is 0 Å². The van der Waals surface area contributed by atoms with Gasteiger partial charge in [-0.1, -0.05) is 170 Å². The van der Waals surface area contributed by atoms with E-state index in [9.17, 15) is 0 Å². The summed E-state index contributed by atoms with van der Waals surface area (Å²) < 4.78 is 0. The molecule has 0 bridgehead atoms. The Bertz CT molecular complexity index is 1740. The Hall–Kier alpha value is -5.46. The van der Waals surface area contributed by atoms with Gasteiger partial charge in [-0.05, 0) is 76.8 Å². The van der Waals surface area contributed by atoms with Gasteiger partial charge < -0.3 is 0 Å². The highest BCUT2D eigenvalue weighted by Crippen LogP contribution is 2.47. The van der Waals surface area contributed by atoms with Crippen LogP contribution in [0, 0.1) is 0 Å². The molecule has 0 saturated carbocycles. The van der Waals surface area contributed by atoms with Crippen LogP contribution in [0.25, 0.3) is 76.8 Å². The fourth-order valence-electron chi connectivity index (χ4n) is 6.67. The highest BCUT2D eigenvalue weighted by Gasteiger charge is 2.20. The Morgan fingerprint density at radius 1 is 0.143 bits per heavy atom. The van der Waals surface area contributed by atoms with Gasteiger partial charge in [0.05, 0.1) is 0 Å². The Kier molecular flexibility index (Phi) is 5.90. The molecule has 9 rings (SSSR count). The number of hydrogen-bond acceptors (Lipinski definition) is 0. The fraction of sp³-hybridized carbons (Fsp3) is 0. The molecule has 8 aromatic rings. The summed E-state index contributed by atoms with van der Waals surface area (Å²) in [4.78, 5) is 0. The van der Waals surface area contributed by atoms with E-state index in [1.54, 1.807) is 0 Å². The third-order valence-corrected chi connectivity index (χ3v) is 8.52. The second-order valence-corrected chi connectivity index (χ2v) is 10.8. The van der Waals surface area contributed by atoms with E-state index >= 15 is 0 Å². The van der Waals surface area contributed by atoms with Crippen LogP contribution >= 0.6 is 0 Å². The van der Waals surface area contributed by atoms with Crippen molar-refractivity contribution in [1.82, 2.24) is 0 Å². The molecular weight excluding hydrogens is 504 g/mol. The number of rotatable bonds is 0. The van der Waals surface area contributed by atoms with Gasteiger partial charge in [-0.2, -0.15) is 0 Å². The highest BCUT2D eigenvalue weighted by atomic mass is 14.2. The van der Waals surface area contributed by atoms with E-state index in [1.165, 1.54) is 76.8 Å². The third-order valence-electron chi connectivity index (χ3n) is 8.52. The van der Waals surface area contributed by atoms with Crippen LogP contribution in [0.4, 0.5) is 0 Å². The van der Waals surface area contributed by atoms with Gasteiger partial charge >= 0.3 is 0 Å². The van der Waals surface area contributed by atoms with E-state index in [1.807, 2.05) is 0 Å². The molecule has 0 nitrogen and oxygen atoms in total. The summed E-state index contributed by atoms with van der Waals surface area (Å²) in [6, 6.07) is 60.9. The van der Waals surface area contributed by atoms with Gasteiger partial charge in [-0.25, -0.2) is 0 Å². The van der Waals surface area contributed by atoms with Gasteiger partial charge in [0.1, 0.15) is 0 Å². The lowest BCUT2D eigenvalue weighted by molar-refractivity contribution is 1.52. The molecule has 0 amide bonds. The fourth-order valence-corrected chi connectivity index (χ4v) is 6.67. The maximum atomic E-state index is 2.24. The predicted molar refractivity (Wildman–Crippen MR) is 181 cm³/mol. The Balaban J connectivity index is 0.000000132. The maximum absolute atomic E-state index is 2.24. The van der Waals surface area contributed by atoms with Crippen LogP contribution in [0.5, 0.6) is 0 Å². The molecule has 0 N–H and O–H groups in total. The molecule has 0 heterocycles. The van der Waals surface area contributed by atoms with Crippen LogP contribution < -0.4 is 0 Å². The summed E-state index contributed by atoms with van der Waals surface area (Å²) >= 11 is 0. The summed E-state index contributed by atoms with van der Waals surface area (Å²) in [5.41, 5.74) is 10.4. The first kappa shape index (κ1) is 24.3. The topological polar surface area (TPSA) is 0 Å². The zero-order chi connectivity index (χ0) is 27.9. The van der Waals surface area contributed by atoms with E-state index in [0.29, 0.717) is 0 Å². The first-order valence-corrected chi connectivity index (χ1v) is 14.5. The first-order valence-electron chi connectivity index (χ1n) is 14.5. The van der Waals surface area contributed by atoms with Gasteiger partial charge in [-0.15, -0.1) is 0 Å². The second kappa shape index (κ2) is 10.2. The quantitative estimate of drug-likeness (QED) is 0.170. The smallest absolute Gasteiger partial charge is 0.00990 e. The van der Waals surface area contributed by atoms with Crippen molar-refractivity contribution in [3.63, 3.8) is 0 Å². The van der Waals surface area contributed by atoms with E-state index in [4.69, 9.17) is 0 Å². The van der Waals surface area contributed by atoms with Crippen molar-refractivity contribution in [3.8, 4) is 44.5 Å². The first-order chi connectivity index (χ1) is 20.9. The average molecular weight is 533 g/mol. The molecule has 0 aliphatic heterocycles. The van der Waals surface area contributed by atoms with Gasteiger partial charge in [0.15, 0.2) is 0 Å². The van der Waals surface area contributed by atoms with Crippen molar-refractivity contribution in [2.24, 2.45) is 0 Å². The molecular formula is C42H28. The third kappa shape index (κ3) is 3.92. The van der Waals surface area contributed by atoms with Gasteiger partial charge in [0, 0.05) is 0 Å². The summed E-state index contributed by atoms with van der Waals surface area (Å²) in [5.74, 6) is 0. The molecule has 0 aromatic heterocycles. The summed E-state index contributed by atoms with van der Waals surface area (Å²) in [5, 5.41) is 8.04. The van der Waals surface area contributed by atoms with E-state index < -0.39 is 0 Å². The highest BCUT2D eigenvalue weighted by molar-refractivity contribution is 6.25. The van der Waals surface area contributed by atoms with Gasteiger partial charge in [0.25, 0.3) is 0 Å². The number of benzene rings is 8. The van der Waals surface area contributed by atoms with Gasteiger partial charge in [-0.3, -0.25) is 0 Å². The predicted octanol–water partition coefficient (Wildman–Crippen LogP) is 11.8. The van der Waals surface area contributed by atoms with E-state index in [0.717, 1.165) is 0 Å². The Morgan fingerprint density at radius 2 is 0.262 bits per heavy atom. The minimum Gasteiger partial charge on any atom is -0.0616 e. The molecule has 0 radical (unpaired) electrons. The molecule has 0 saturated heterocycles. The molecule has 0 fully saturated rings. The van der Waals surface area contributed by atoms with E-state index in [-0.39, 0.29) is 0 Å². The minimum atomic E-state index is 1.30. The Labute approximate surface area is 246 Å². The second-order valence-electron chi connectivity index (χ2n) is 10.8. The molecule has 0 spiro atoms. The molecule has 0 unspecified atom stereocenters. The zero-order valence-corrected chi connectivity index (χ0v) is 23.2. The standard InChI is InChI=1S/C24H16.C18H12/c1-2-10-18-17(9-1)19-11-3-4-13-21(19)23-15-7-8-16-24(23)22-14-6-5-12-20(18)22;1-2-8-14-13(7-1)15-9-3-4-11-17(15)18-12-6-5-10-16(14)18/h1-16H;1-12H. The van der Waals surface area contributed by atoms with Crippen molar-refractivity contribution < 1.29 is 0 Å². The minimum absolute atomic E-state index is 1.30.